The van der Waals surface area contributed by atoms with Crippen LogP contribution in [0.3, 0.4) is 0 Å². The fourth-order valence-corrected chi connectivity index (χ4v) is 2.09. The number of imidazole rings is 1. The summed E-state index contributed by atoms with van der Waals surface area (Å²) < 4.78 is 2.15. The van der Waals surface area contributed by atoms with E-state index in [1.807, 2.05) is 6.92 Å². The zero-order chi connectivity index (χ0) is 10.1. The van der Waals surface area contributed by atoms with Crippen LogP contribution in [0.5, 0.6) is 0 Å². The Morgan fingerprint density at radius 2 is 2.21 bits per heavy atom. The molecule has 14 heavy (non-hydrogen) atoms. The summed E-state index contributed by atoms with van der Waals surface area (Å²) in [5.41, 5.74) is 7.26. The second kappa shape index (κ2) is 3.64. The van der Waals surface area contributed by atoms with Gasteiger partial charge in [-0.2, -0.15) is 0 Å². The molecule has 0 amide bonds. The molecule has 0 aromatic carbocycles. The number of rotatable bonds is 3. The molecule has 1 saturated carbocycles. The van der Waals surface area contributed by atoms with Crippen molar-refractivity contribution in [1.82, 2.24) is 9.55 Å². The molecule has 1 aliphatic carbocycles. The minimum atomic E-state index is 0.645. The second-order valence-corrected chi connectivity index (χ2v) is 4.21. The number of hydrogen-bond acceptors (Lipinski definition) is 2. The first-order valence-corrected chi connectivity index (χ1v) is 5.56. The maximum Gasteiger partial charge on any atom is 0.127 e. The largest absolute Gasteiger partial charge is 0.384 e. The van der Waals surface area contributed by atoms with Gasteiger partial charge in [0.1, 0.15) is 11.6 Å². The SMILES string of the molecule is CCCn1c(C)nc(C2CCC2)c1N. The van der Waals surface area contributed by atoms with Gasteiger partial charge in [0.2, 0.25) is 0 Å². The molecule has 0 saturated heterocycles. The number of aromatic nitrogens is 2. The van der Waals surface area contributed by atoms with Crippen LogP contribution in [0.25, 0.3) is 0 Å². The summed E-state index contributed by atoms with van der Waals surface area (Å²) in [4.78, 5) is 4.59. The van der Waals surface area contributed by atoms with E-state index in [4.69, 9.17) is 5.73 Å². The molecule has 1 heterocycles. The molecule has 0 spiro atoms. The average molecular weight is 193 g/mol. The Hall–Kier alpha value is -0.990. The van der Waals surface area contributed by atoms with Crippen molar-refractivity contribution in [1.29, 1.82) is 0 Å². The quantitative estimate of drug-likeness (QED) is 0.801. The fourth-order valence-electron chi connectivity index (χ4n) is 2.09. The number of nitrogens with zero attached hydrogens (tertiary/aromatic N) is 2. The Morgan fingerprint density at radius 1 is 1.50 bits per heavy atom. The zero-order valence-corrected chi connectivity index (χ0v) is 9.08. The van der Waals surface area contributed by atoms with Gasteiger partial charge in [0, 0.05) is 12.5 Å². The molecule has 0 bridgehead atoms. The molecule has 1 aliphatic rings. The van der Waals surface area contributed by atoms with Crippen molar-refractivity contribution in [3.63, 3.8) is 0 Å². The zero-order valence-electron chi connectivity index (χ0n) is 9.08. The third-order valence-corrected chi connectivity index (χ3v) is 3.17. The van der Waals surface area contributed by atoms with Crippen molar-refractivity contribution in [2.75, 3.05) is 5.73 Å². The monoisotopic (exact) mass is 193 g/mol. The maximum absolute atomic E-state index is 6.10. The summed E-state index contributed by atoms with van der Waals surface area (Å²) >= 11 is 0. The molecule has 0 atom stereocenters. The molecule has 1 aromatic heterocycles. The van der Waals surface area contributed by atoms with Crippen LogP contribution in [-0.2, 0) is 6.54 Å². The van der Waals surface area contributed by atoms with E-state index in [0.29, 0.717) is 5.92 Å². The van der Waals surface area contributed by atoms with Crippen LogP contribution in [0.2, 0.25) is 0 Å². The number of aryl methyl sites for hydroxylation is 1. The van der Waals surface area contributed by atoms with Gasteiger partial charge in [-0.05, 0) is 26.2 Å². The van der Waals surface area contributed by atoms with Crippen molar-refractivity contribution in [2.45, 2.75) is 52.0 Å². The van der Waals surface area contributed by atoms with Crippen LogP contribution in [0.1, 0.15) is 50.0 Å². The molecule has 0 unspecified atom stereocenters. The summed E-state index contributed by atoms with van der Waals surface area (Å²) in [6, 6.07) is 0. The molecular weight excluding hydrogens is 174 g/mol. The highest BCUT2D eigenvalue weighted by molar-refractivity contribution is 5.41. The van der Waals surface area contributed by atoms with Gasteiger partial charge in [0.25, 0.3) is 0 Å². The minimum absolute atomic E-state index is 0.645. The Balaban J connectivity index is 2.28. The number of nitrogen functional groups attached to an aromatic ring is 1. The lowest BCUT2D eigenvalue weighted by Gasteiger charge is -2.24. The van der Waals surface area contributed by atoms with E-state index in [1.165, 1.54) is 19.3 Å². The predicted octanol–water partition coefficient (Wildman–Crippen LogP) is 2.45. The number of hydrogen-bond donors (Lipinski definition) is 1. The van der Waals surface area contributed by atoms with E-state index in [1.54, 1.807) is 0 Å². The van der Waals surface area contributed by atoms with Crippen molar-refractivity contribution in [3.8, 4) is 0 Å². The summed E-state index contributed by atoms with van der Waals surface area (Å²) in [7, 11) is 0. The summed E-state index contributed by atoms with van der Waals surface area (Å²) in [6.07, 6.45) is 4.99. The topological polar surface area (TPSA) is 43.8 Å². The molecule has 2 N–H and O–H groups in total. The Labute approximate surface area is 85.3 Å². The average Bonchev–Trinajstić information content (AvgIpc) is 2.31. The van der Waals surface area contributed by atoms with Gasteiger partial charge in [-0.1, -0.05) is 13.3 Å². The highest BCUT2D eigenvalue weighted by Crippen LogP contribution is 2.38. The van der Waals surface area contributed by atoms with E-state index in [0.717, 1.165) is 30.3 Å². The van der Waals surface area contributed by atoms with Crippen LogP contribution in [0, 0.1) is 6.92 Å². The first kappa shape index (κ1) is 9.56. The van der Waals surface area contributed by atoms with Gasteiger partial charge in [-0.15, -0.1) is 0 Å². The summed E-state index contributed by atoms with van der Waals surface area (Å²) in [5, 5.41) is 0. The van der Waals surface area contributed by atoms with Crippen LogP contribution in [0.4, 0.5) is 5.82 Å². The fraction of sp³-hybridized carbons (Fsp3) is 0.727. The van der Waals surface area contributed by atoms with Crippen LogP contribution in [-0.4, -0.2) is 9.55 Å². The number of nitrogens with two attached hydrogens (primary N) is 1. The van der Waals surface area contributed by atoms with Crippen LogP contribution >= 0.6 is 0 Å². The smallest absolute Gasteiger partial charge is 0.127 e. The van der Waals surface area contributed by atoms with E-state index in [-0.39, 0.29) is 0 Å². The van der Waals surface area contributed by atoms with Crippen molar-refractivity contribution in [2.24, 2.45) is 0 Å². The predicted molar refractivity (Wildman–Crippen MR) is 58.3 cm³/mol. The standard InChI is InChI=1S/C11H19N3/c1-3-7-14-8(2)13-10(11(14)12)9-5-4-6-9/h9H,3-7,12H2,1-2H3. The third kappa shape index (κ3) is 1.41. The molecule has 0 aliphatic heterocycles. The van der Waals surface area contributed by atoms with Gasteiger partial charge in [0.15, 0.2) is 0 Å². The molecule has 1 aromatic rings. The third-order valence-electron chi connectivity index (χ3n) is 3.17. The van der Waals surface area contributed by atoms with Crippen molar-refractivity contribution >= 4 is 5.82 Å². The second-order valence-electron chi connectivity index (χ2n) is 4.21. The van der Waals surface area contributed by atoms with Gasteiger partial charge in [-0.25, -0.2) is 4.98 Å². The molecule has 0 radical (unpaired) electrons. The molecule has 3 nitrogen and oxygen atoms in total. The van der Waals surface area contributed by atoms with Crippen molar-refractivity contribution < 1.29 is 0 Å². The molecule has 3 heteroatoms. The van der Waals surface area contributed by atoms with Gasteiger partial charge >= 0.3 is 0 Å². The lowest BCUT2D eigenvalue weighted by atomic mass is 9.83. The normalized spacial score (nSPS) is 17.0. The summed E-state index contributed by atoms with van der Waals surface area (Å²) in [6.45, 7) is 5.22. The molecular formula is C11H19N3. The van der Waals surface area contributed by atoms with E-state index < -0.39 is 0 Å². The van der Waals surface area contributed by atoms with Crippen molar-refractivity contribution in [3.05, 3.63) is 11.5 Å². The van der Waals surface area contributed by atoms with Gasteiger partial charge < -0.3 is 10.3 Å². The Morgan fingerprint density at radius 3 is 2.71 bits per heavy atom. The van der Waals surface area contributed by atoms with Crippen LogP contribution < -0.4 is 5.73 Å². The number of anilines is 1. The first-order chi connectivity index (χ1) is 6.74. The lowest BCUT2D eigenvalue weighted by Crippen LogP contribution is -2.12. The first-order valence-electron chi connectivity index (χ1n) is 5.56. The van der Waals surface area contributed by atoms with E-state index >= 15 is 0 Å². The molecule has 1 fully saturated rings. The van der Waals surface area contributed by atoms with Gasteiger partial charge in [0.05, 0.1) is 5.69 Å². The molecule has 2 rings (SSSR count). The minimum Gasteiger partial charge on any atom is -0.384 e. The van der Waals surface area contributed by atoms with E-state index in [9.17, 15) is 0 Å². The highest BCUT2D eigenvalue weighted by atomic mass is 15.1. The van der Waals surface area contributed by atoms with E-state index in [2.05, 4.69) is 16.5 Å². The Bertz CT molecular complexity index is 324. The van der Waals surface area contributed by atoms with Gasteiger partial charge in [-0.3, -0.25) is 0 Å². The highest BCUT2D eigenvalue weighted by Gasteiger charge is 2.25. The summed E-state index contributed by atoms with van der Waals surface area (Å²) in [5.74, 6) is 2.63. The Kier molecular flexibility index (Phi) is 2.48. The molecule has 78 valence electrons. The van der Waals surface area contributed by atoms with Crippen LogP contribution in [0.15, 0.2) is 0 Å². The maximum atomic E-state index is 6.10. The lowest BCUT2D eigenvalue weighted by molar-refractivity contribution is 0.413.